The molecule has 1 aromatic carbocycles. The first-order chi connectivity index (χ1) is 9.92. The Balaban J connectivity index is 0.000000704. The van der Waals surface area contributed by atoms with E-state index in [2.05, 4.69) is 68.1 Å². The second-order valence-electron chi connectivity index (χ2n) is 4.72. The van der Waals surface area contributed by atoms with Crippen molar-refractivity contribution in [2.75, 3.05) is 18.9 Å². The summed E-state index contributed by atoms with van der Waals surface area (Å²) in [5.74, 6) is 1.81. The Kier molecular flexibility index (Phi) is 5.93. The Morgan fingerprint density at radius 1 is 1.10 bits per heavy atom. The van der Waals surface area contributed by atoms with E-state index in [9.17, 15) is 0 Å². The third kappa shape index (κ3) is 4.01. The maximum atomic E-state index is 4.05. The highest BCUT2D eigenvalue weighted by Crippen LogP contribution is 2.11. The average molecular weight is 332 g/mol. The van der Waals surface area contributed by atoms with Crippen LogP contribution in [0.5, 0.6) is 0 Å². The number of fused-ring (bicyclic) bond motifs is 1. The minimum Gasteiger partial charge on any atom is -0.265 e. The molecule has 2 aromatic rings. The van der Waals surface area contributed by atoms with Gasteiger partial charge >= 0.3 is 0 Å². The summed E-state index contributed by atoms with van der Waals surface area (Å²) in [7, 11) is 0. The molecule has 0 aliphatic carbocycles. The zero-order valence-electron chi connectivity index (χ0n) is 11.8. The standard InChI is InChI=1S/C16H17N2.CH3Br/c1-2-4-16-13-18(12-8-15(16)3-1)11-7-14-5-9-17-10-6-14;1-2/h1-6,9-10,13H,7-8,11-12H2;1H3/q+1;. The zero-order valence-corrected chi connectivity index (χ0v) is 13.4. The molecule has 0 N–H and O–H groups in total. The SMILES string of the molecule is C1=[N+](CCc2ccncc2)CCc2ccccc21.CBr. The van der Waals surface area contributed by atoms with Crippen molar-refractivity contribution in [2.45, 2.75) is 12.8 Å². The van der Waals surface area contributed by atoms with Gasteiger partial charge in [0.1, 0.15) is 13.1 Å². The van der Waals surface area contributed by atoms with Crippen LogP contribution in [0.4, 0.5) is 0 Å². The first-order valence-electron chi connectivity index (χ1n) is 6.85. The largest absolute Gasteiger partial charge is 0.265 e. The third-order valence-corrected chi connectivity index (χ3v) is 3.48. The molecule has 0 amide bonds. The number of aromatic nitrogens is 1. The third-order valence-electron chi connectivity index (χ3n) is 3.48. The lowest BCUT2D eigenvalue weighted by Gasteiger charge is -2.12. The molecule has 0 saturated heterocycles. The van der Waals surface area contributed by atoms with Gasteiger partial charge in [0.2, 0.25) is 0 Å². The van der Waals surface area contributed by atoms with Crippen molar-refractivity contribution in [3.63, 3.8) is 0 Å². The lowest BCUT2D eigenvalue weighted by Crippen LogP contribution is -2.24. The highest BCUT2D eigenvalue weighted by Gasteiger charge is 2.14. The topological polar surface area (TPSA) is 15.9 Å². The molecule has 20 heavy (non-hydrogen) atoms. The van der Waals surface area contributed by atoms with Crippen LogP contribution in [0.15, 0.2) is 48.8 Å². The van der Waals surface area contributed by atoms with Crippen LogP contribution < -0.4 is 0 Å². The van der Waals surface area contributed by atoms with Crippen LogP contribution in [0, 0.1) is 0 Å². The molecule has 0 radical (unpaired) electrons. The summed E-state index contributed by atoms with van der Waals surface area (Å²) in [4.78, 5) is 4.05. The molecule has 0 saturated carbocycles. The van der Waals surface area contributed by atoms with Crippen molar-refractivity contribution < 1.29 is 4.58 Å². The van der Waals surface area contributed by atoms with Crippen LogP contribution in [0.2, 0.25) is 0 Å². The highest BCUT2D eigenvalue weighted by molar-refractivity contribution is 9.08. The second kappa shape index (κ2) is 7.95. The normalized spacial score (nSPS) is 12.8. The van der Waals surface area contributed by atoms with Crippen molar-refractivity contribution in [1.29, 1.82) is 0 Å². The molecular weight excluding hydrogens is 312 g/mol. The van der Waals surface area contributed by atoms with Gasteiger partial charge < -0.3 is 0 Å². The maximum Gasteiger partial charge on any atom is 0.170 e. The van der Waals surface area contributed by atoms with Gasteiger partial charge in [-0.3, -0.25) is 4.98 Å². The number of hydrogen-bond donors (Lipinski definition) is 0. The lowest BCUT2D eigenvalue weighted by atomic mass is 10.0. The second-order valence-corrected chi connectivity index (χ2v) is 4.72. The van der Waals surface area contributed by atoms with Gasteiger partial charge in [0.25, 0.3) is 0 Å². The van der Waals surface area contributed by atoms with Gasteiger partial charge in [-0.1, -0.05) is 34.1 Å². The van der Waals surface area contributed by atoms with E-state index in [1.54, 1.807) is 0 Å². The summed E-state index contributed by atoms with van der Waals surface area (Å²) in [5, 5.41) is 0. The average Bonchev–Trinajstić information content (AvgIpc) is 2.55. The summed E-state index contributed by atoms with van der Waals surface area (Å²) in [5.41, 5.74) is 4.20. The van der Waals surface area contributed by atoms with Gasteiger partial charge in [0, 0.05) is 30.8 Å². The Morgan fingerprint density at radius 2 is 1.85 bits per heavy atom. The molecular formula is C17H20BrN2+. The Labute approximate surface area is 129 Å². The molecule has 0 spiro atoms. The summed E-state index contributed by atoms with van der Waals surface area (Å²) < 4.78 is 2.42. The molecule has 104 valence electrons. The van der Waals surface area contributed by atoms with E-state index in [-0.39, 0.29) is 0 Å². The number of pyridine rings is 1. The van der Waals surface area contributed by atoms with Gasteiger partial charge in [-0.25, -0.2) is 4.58 Å². The van der Waals surface area contributed by atoms with Gasteiger partial charge in [0.15, 0.2) is 6.21 Å². The minimum absolute atomic E-state index is 1.08. The van der Waals surface area contributed by atoms with Crippen molar-refractivity contribution >= 4 is 22.1 Å². The Hall–Kier alpha value is -1.48. The quantitative estimate of drug-likeness (QED) is 0.622. The van der Waals surface area contributed by atoms with Crippen LogP contribution >= 0.6 is 15.9 Å². The van der Waals surface area contributed by atoms with Gasteiger partial charge in [-0.15, -0.1) is 0 Å². The summed E-state index contributed by atoms with van der Waals surface area (Å²) in [6, 6.07) is 12.9. The Morgan fingerprint density at radius 3 is 2.65 bits per heavy atom. The van der Waals surface area contributed by atoms with Crippen molar-refractivity contribution in [1.82, 2.24) is 4.98 Å². The monoisotopic (exact) mass is 331 g/mol. The first kappa shape index (κ1) is 14.9. The predicted molar refractivity (Wildman–Crippen MR) is 88.1 cm³/mol. The van der Waals surface area contributed by atoms with E-state index in [0.717, 1.165) is 25.9 Å². The van der Waals surface area contributed by atoms with E-state index < -0.39 is 0 Å². The molecule has 1 aromatic heterocycles. The van der Waals surface area contributed by atoms with E-state index in [1.807, 2.05) is 18.2 Å². The van der Waals surface area contributed by atoms with Crippen LogP contribution in [-0.4, -0.2) is 34.7 Å². The fourth-order valence-corrected chi connectivity index (χ4v) is 2.41. The van der Waals surface area contributed by atoms with Crippen molar-refractivity contribution in [2.24, 2.45) is 0 Å². The molecule has 0 unspecified atom stereocenters. The summed E-state index contributed by atoms with van der Waals surface area (Å²) >= 11 is 2.94. The van der Waals surface area contributed by atoms with Crippen LogP contribution in [0.3, 0.4) is 0 Å². The molecule has 0 atom stereocenters. The number of halogens is 1. The van der Waals surface area contributed by atoms with E-state index in [1.165, 1.54) is 16.7 Å². The zero-order chi connectivity index (χ0) is 14.2. The van der Waals surface area contributed by atoms with Crippen LogP contribution in [0.25, 0.3) is 0 Å². The minimum atomic E-state index is 1.08. The number of benzene rings is 1. The van der Waals surface area contributed by atoms with Crippen LogP contribution in [-0.2, 0) is 12.8 Å². The van der Waals surface area contributed by atoms with E-state index >= 15 is 0 Å². The Bertz CT molecular complexity index is 564. The molecule has 2 heterocycles. The predicted octanol–water partition coefficient (Wildman–Crippen LogP) is 3.32. The van der Waals surface area contributed by atoms with Gasteiger partial charge in [0.05, 0.1) is 0 Å². The molecule has 3 heteroatoms. The number of hydrogen-bond acceptors (Lipinski definition) is 1. The molecule has 1 aliphatic heterocycles. The van der Waals surface area contributed by atoms with Crippen molar-refractivity contribution in [3.8, 4) is 0 Å². The fourth-order valence-electron chi connectivity index (χ4n) is 2.41. The highest BCUT2D eigenvalue weighted by atomic mass is 79.9. The molecule has 0 bridgehead atoms. The van der Waals surface area contributed by atoms with Crippen molar-refractivity contribution in [3.05, 3.63) is 65.5 Å². The van der Waals surface area contributed by atoms with Gasteiger partial charge in [-0.2, -0.15) is 0 Å². The van der Waals surface area contributed by atoms with Crippen LogP contribution in [0.1, 0.15) is 16.7 Å². The number of nitrogens with zero attached hydrogens (tertiary/aromatic N) is 2. The molecule has 3 rings (SSSR count). The smallest absolute Gasteiger partial charge is 0.170 e. The first-order valence-corrected chi connectivity index (χ1v) is 8.44. The number of rotatable bonds is 3. The maximum absolute atomic E-state index is 4.05. The lowest BCUT2D eigenvalue weighted by molar-refractivity contribution is -0.523. The molecule has 2 nitrogen and oxygen atoms in total. The van der Waals surface area contributed by atoms with Gasteiger partial charge in [-0.05, 0) is 35.2 Å². The summed E-state index contributed by atoms with van der Waals surface area (Å²) in [6.45, 7) is 2.21. The van der Waals surface area contributed by atoms with E-state index in [4.69, 9.17) is 0 Å². The molecule has 0 fully saturated rings. The number of alkyl halides is 1. The van der Waals surface area contributed by atoms with E-state index in [0.29, 0.717) is 0 Å². The summed E-state index contributed by atoms with van der Waals surface area (Å²) in [6.07, 6.45) is 8.26. The molecule has 1 aliphatic rings. The fraction of sp³-hybridized carbons (Fsp3) is 0.294.